The van der Waals surface area contributed by atoms with Crippen LogP contribution in [0.3, 0.4) is 0 Å². The highest BCUT2D eigenvalue weighted by atomic mass is 32.2. The third kappa shape index (κ3) is 7.69. The Kier molecular flexibility index (Phi) is 9.40. The van der Waals surface area contributed by atoms with Gasteiger partial charge >= 0.3 is 0 Å². The number of thioether (sulfide) groups is 1. The van der Waals surface area contributed by atoms with Gasteiger partial charge in [0.15, 0.2) is 11.6 Å². The lowest BCUT2D eigenvalue weighted by Crippen LogP contribution is -2.32. The lowest BCUT2D eigenvalue weighted by molar-refractivity contribution is 0.105. The largest absolute Gasteiger partial charge is 0.488 e. The molecule has 0 aliphatic heterocycles. The lowest BCUT2D eigenvalue weighted by Gasteiger charge is -2.13. The summed E-state index contributed by atoms with van der Waals surface area (Å²) in [6.45, 7) is 1.49. The molecule has 0 fully saturated rings. The topological polar surface area (TPSA) is 61.7 Å². The van der Waals surface area contributed by atoms with Gasteiger partial charge in [0.25, 0.3) is 0 Å². The molecule has 1 aromatic carbocycles. The Hall–Kier alpha value is -0.820. The number of halogens is 1. The first-order valence-corrected chi connectivity index (χ1v) is 7.84. The van der Waals surface area contributed by atoms with Crippen LogP contribution in [0.4, 0.5) is 4.39 Å². The van der Waals surface area contributed by atoms with Crippen molar-refractivity contribution in [3.05, 3.63) is 30.1 Å². The van der Waals surface area contributed by atoms with Gasteiger partial charge in [0.1, 0.15) is 12.7 Å². The van der Waals surface area contributed by atoms with Gasteiger partial charge < -0.3 is 20.3 Å². The number of hydrogen-bond donors (Lipinski definition) is 3. The van der Waals surface area contributed by atoms with E-state index < -0.39 is 11.9 Å². The second kappa shape index (κ2) is 10.9. The predicted octanol–water partition coefficient (Wildman–Crippen LogP) is 1.27. The molecule has 4 nitrogen and oxygen atoms in total. The average Bonchev–Trinajstić information content (AvgIpc) is 2.45. The Morgan fingerprint density at radius 3 is 2.85 bits per heavy atom. The molecule has 0 heterocycles. The van der Waals surface area contributed by atoms with Crippen LogP contribution in [0, 0.1) is 5.82 Å². The summed E-state index contributed by atoms with van der Waals surface area (Å²) in [6.07, 6.45) is 0.140. The van der Waals surface area contributed by atoms with Crippen LogP contribution in [-0.4, -0.2) is 54.1 Å². The first-order valence-electron chi connectivity index (χ1n) is 6.68. The molecule has 0 bridgehead atoms. The summed E-state index contributed by atoms with van der Waals surface area (Å²) in [5.74, 6) is 1.61. The Labute approximate surface area is 123 Å². The van der Waals surface area contributed by atoms with Crippen LogP contribution in [0.15, 0.2) is 24.3 Å². The second-order valence-corrected chi connectivity index (χ2v) is 5.51. The van der Waals surface area contributed by atoms with Crippen molar-refractivity contribution >= 4 is 11.8 Å². The SMILES string of the molecule is OCCCSCCNCC(O)COc1ccccc1F. The van der Waals surface area contributed by atoms with Gasteiger partial charge in [-0.05, 0) is 24.3 Å². The van der Waals surface area contributed by atoms with Crippen molar-refractivity contribution in [2.45, 2.75) is 12.5 Å². The number of ether oxygens (including phenoxy) is 1. The average molecular weight is 303 g/mol. The highest BCUT2D eigenvalue weighted by Gasteiger charge is 2.07. The van der Waals surface area contributed by atoms with Gasteiger partial charge in [-0.1, -0.05) is 12.1 Å². The van der Waals surface area contributed by atoms with Crippen LogP contribution in [0.2, 0.25) is 0 Å². The van der Waals surface area contributed by atoms with E-state index in [1.54, 1.807) is 23.9 Å². The van der Waals surface area contributed by atoms with Crippen molar-refractivity contribution < 1.29 is 19.3 Å². The first-order chi connectivity index (χ1) is 9.74. The maximum absolute atomic E-state index is 13.3. The number of para-hydroxylation sites is 1. The predicted molar refractivity (Wildman–Crippen MR) is 79.8 cm³/mol. The molecule has 1 aromatic rings. The van der Waals surface area contributed by atoms with E-state index in [9.17, 15) is 9.50 Å². The van der Waals surface area contributed by atoms with Crippen molar-refractivity contribution in [3.8, 4) is 5.75 Å². The molecule has 0 amide bonds. The van der Waals surface area contributed by atoms with E-state index in [1.165, 1.54) is 12.1 Å². The van der Waals surface area contributed by atoms with E-state index in [0.717, 1.165) is 24.5 Å². The molecule has 0 aromatic heterocycles. The molecule has 3 N–H and O–H groups in total. The number of benzene rings is 1. The maximum Gasteiger partial charge on any atom is 0.165 e. The molecular formula is C14H22FNO3S. The molecular weight excluding hydrogens is 281 g/mol. The summed E-state index contributed by atoms with van der Waals surface area (Å²) in [6, 6.07) is 6.14. The molecule has 0 radical (unpaired) electrons. The maximum atomic E-state index is 13.3. The first kappa shape index (κ1) is 17.2. The van der Waals surface area contributed by atoms with E-state index in [0.29, 0.717) is 6.54 Å². The fraction of sp³-hybridized carbons (Fsp3) is 0.571. The second-order valence-electron chi connectivity index (χ2n) is 4.29. The standard InChI is InChI=1S/C14H22FNO3S/c15-13-4-1-2-5-14(13)19-11-12(18)10-16-6-9-20-8-3-7-17/h1-2,4-5,12,16-18H,3,6-11H2. The van der Waals surface area contributed by atoms with Gasteiger partial charge in [-0.3, -0.25) is 0 Å². The fourth-order valence-corrected chi connectivity index (χ4v) is 2.31. The molecule has 1 rings (SSSR count). The Balaban J connectivity index is 2.03. The molecule has 0 saturated heterocycles. The molecule has 114 valence electrons. The molecule has 20 heavy (non-hydrogen) atoms. The number of aliphatic hydroxyl groups excluding tert-OH is 2. The molecule has 0 aliphatic carbocycles. The summed E-state index contributed by atoms with van der Waals surface area (Å²) in [5.41, 5.74) is 0. The monoisotopic (exact) mass is 303 g/mol. The zero-order valence-electron chi connectivity index (χ0n) is 11.4. The van der Waals surface area contributed by atoms with Gasteiger partial charge in [0.2, 0.25) is 0 Å². The minimum Gasteiger partial charge on any atom is -0.488 e. The summed E-state index contributed by atoms with van der Waals surface area (Å²) in [4.78, 5) is 0. The van der Waals surface area contributed by atoms with Gasteiger partial charge in [-0.25, -0.2) is 4.39 Å². The molecule has 0 aliphatic rings. The zero-order chi connectivity index (χ0) is 14.6. The summed E-state index contributed by atoms with van der Waals surface area (Å²) < 4.78 is 18.5. The molecule has 1 atom stereocenters. The van der Waals surface area contributed by atoms with E-state index in [4.69, 9.17) is 9.84 Å². The van der Waals surface area contributed by atoms with Crippen LogP contribution in [0.25, 0.3) is 0 Å². The Morgan fingerprint density at radius 2 is 2.10 bits per heavy atom. The van der Waals surface area contributed by atoms with Crippen LogP contribution >= 0.6 is 11.8 Å². The van der Waals surface area contributed by atoms with E-state index in [2.05, 4.69) is 5.32 Å². The lowest BCUT2D eigenvalue weighted by atomic mass is 10.3. The van der Waals surface area contributed by atoms with E-state index in [1.807, 2.05) is 0 Å². The third-order valence-corrected chi connectivity index (χ3v) is 3.59. The highest BCUT2D eigenvalue weighted by molar-refractivity contribution is 7.99. The summed E-state index contributed by atoms with van der Waals surface area (Å²) >= 11 is 1.76. The van der Waals surface area contributed by atoms with E-state index in [-0.39, 0.29) is 19.0 Å². The molecule has 1 unspecified atom stereocenters. The summed E-state index contributed by atoms with van der Waals surface area (Å²) in [5, 5.41) is 21.4. The van der Waals surface area contributed by atoms with Crippen molar-refractivity contribution in [2.75, 3.05) is 37.8 Å². The normalized spacial score (nSPS) is 12.3. The van der Waals surface area contributed by atoms with Gasteiger partial charge in [0.05, 0.1) is 0 Å². The Bertz CT molecular complexity index is 368. The minimum atomic E-state index is -0.669. The quantitative estimate of drug-likeness (QED) is 0.537. The fourth-order valence-electron chi connectivity index (χ4n) is 1.49. The molecule has 0 spiro atoms. The molecule has 6 heteroatoms. The third-order valence-electron chi connectivity index (χ3n) is 2.52. The van der Waals surface area contributed by atoms with Crippen molar-refractivity contribution in [1.82, 2.24) is 5.32 Å². The van der Waals surface area contributed by atoms with Crippen LogP contribution < -0.4 is 10.1 Å². The van der Waals surface area contributed by atoms with Crippen LogP contribution in [-0.2, 0) is 0 Å². The van der Waals surface area contributed by atoms with Gasteiger partial charge in [0, 0.05) is 25.4 Å². The van der Waals surface area contributed by atoms with Crippen molar-refractivity contribution in [1.29, 1.82) is 0 Å². The van der Waals surface area contributed by atoms with Crippen molar-refractivity contribution in [2.24, 2.45) is 0 Å². The Morgan fingerprint density at radius 1 is 1.30 bits per heavy atom. The smallest absolute Gasteiger partial charge is 0.165 e. The number of rotatable bonds is 11. The summed E-state index contributed by atoms with van der Waals surface area (Å²) in [7, 11) is 0. The minimum absolute atomic E-state index is 0.0611. The zero-order valence-corrected chi connectivity index (χ0v) is 12.2. The van der Waals surface area contributed by atoms with Crippen LogP contribution in [0.5, 0.6) is 5.75 Å². The van der Waals surface area contributed by atoms with Crippen LogP contribution in [0.1, 0.15) is 6.42 Å². The number of nitrogens with one attached hydrogen (secondary N) is 1. The van der Waals surface area contributed by atoms with Crippen molar-refractivity contribution in [3.63, 3.8) is 0 Å². The van der Waals surface area contributed by atoms with Gasteiger partial charge in [-0.2, -0.15) is 11.8 Å². The van der Waals surface area contributed by atoms with Gasteiger partial charge in [-0.15, -0.1) is 0 Å². The van der Waals surface area contributed by atoms with E-state index >= 15 is 0 Å². The molecule has 0 saturated carbocycles. The number of aliphatic hydroxyl groups is 2. The highest BCUT2D eigenvalue weighted by Crippen LogP contribution is 2.15. The number of hydrogen-bond acceptors (Lipinski definition) is 5.